The van der Waals surface area contributed by atoms with Crippen LogP contribution in [-0.4, -0.2) is 54.0 Å². The smallest absolute Gasteiger partial charge is 0.109 e. The minimum absolute atomic E-state index is 0.424. The molecule has 0 aromatic rings. The number of hydrogen-bond donors (Lipinski definition) is 2. The van der Waals surface area contributed by atoms with E-state index in [1.165, 1.54) is 0 Å². The second-order valence-corrected chi connectivity index (χ2v) is 5.42. The van der Waals surface area contributed by atoms with E-state index in [9.17, 15) is 5.11 Å². The van der Waals surface area contributed by atoms with E-state index in [0.717, 1.165) is 32.5 Å². The molecule has 2 atom stereocenters. The maximum atomic E-state index is 10.6. The molecule has 4 heteroatoms. The summed E-state index contributed by atoms with van der Waals surface area (Å²) < 4.78 is 5.34. The molecule has 4 fully saturated rings. The van der Waals surface area contributed by atoms with Gasteiger partial charge in [-0.05, 0) is 31.8 Å². The molecule has 0 amide bonds. The van der Waals surface area contributed by atoms with Gasteiger partial charge in [-0.1, -0.05) is 0 Å². The Balaban J connectivity index is 1.89. The predicted octanol–water partition coefficient (Wildman–Crippen LogP) is -0.439. The van der Waals surface area contributed by atoms with Crippen LogP contribution in [0, 0.1) is 5.92 Å². The molecule has 0 radical (unpaired) electrons. The van der Waals surface area contributed by atoms with Gasteiger partial charge in [0.25, 0.3) is 0 Å². The minimum atomic E-state index is -0.781. The third kappa shape index (κ3) is 1.29. The van der Waals surface area contributed by atoms with Crippen LogP contribution in [0.4, 0.5) is 0 Å². The van der Waals surface area contributed by atoms with Gasteiger partial charge >= 0.3 is 0 Å². The highest BCUT2D eigenvalue weighted by Gasteiger charge is 2.57. The summed E-state index contributed by atoms with van der Waals surface area (Å²) in [4.78, 5) is 2.39. The second-order valence-electron chi connectivity index (χ2n) is 5.42. The Morgan fingerprint density at radius 3 is 2.53 bits per heavy atom. The lowest BCUT2D eigenvalue weighted by atomic mass is 9.64. The number of nitrogens with two attached hydrogens (primary N) is 1. The van der Waals surface area contributed by atoms with Crippen LogP contribution < -0.4 is 5.73 Å². The standard InChI is InChI=1S/C11H20N2O2/c12-11(10(14)3-6-15-8-10)7-13-4-1-9(11)2-5-13/h9,14H,1-8,12H2. The molecule has 3 N–H and O–H groups in total. The van der Waals surface area contributed by atoms with Crippen LogP contribution >= 0.6 is 0 Å². The first kappa shape index (κ1) is 10.0. The van der Waals surface area contributed by atoms with Crippen LogP contribution in [0.2, 0.25) is 0 Å². The normalized spacial score (nSPS) is 54.8. The molecule has 0 saturated carbocycles. The van der Waals surface area contributed by atoms with Crippen molar-refractivity contribution in [2.45, 2.75) is 30.4 Å². The summed E-state index contributed by atoms with van der Waals surface area (Å²) >= 11 is 0. The van der Waals surface area contributed by atoms with Crippen molar-refractivity contribution in [2.75, 3.05) is 32.8 Å². The lowest BCUT2D eigenvalue weighted by molar-refractivity contribution is -0.115. The third-order valence-electron chi connectivity index (χ3n) is 4.67. The van der Waals surface area contributed by atoms with Crippen LogP contribution in [-0.2, 0) is 4.74 Å². The summed E-state index contributed by atoms with van der Waals surface area (Å²) in [6.07, 6.45) is 2.98. The molecule has 4 aliphatic heterocycles. The second kappa shape index (κ2) is 3.17. The van der Waals surface area contributed by atoms with Gasteiger partial charge in [-0.2, -0.15) is 0 Å². The fourth-order valence-corrected chi connectivity index (χ4v) is 3.55. The van der Waals surface area contributed by atoms with Gasteiger partial charge < -0.3 is 20.5 Å². The summed E-state index contributed by atoms with van der Waals surface area (Å²) in [6.45, 7) is 4.23. The summed E-state index contributed by atoms with van der Waals surface area (Å²) in [5.74, 6) is 0.481. The number of hydrogen-bond acceptors (Lipinski definition) is 4. The van der Waals surface area contributed by atoms with Gasteiger partial charge in [0, 0.05) is 19.6 Å². The number of aliphatic hydroxyl groups is 1. The maximum Gasteiger partial charge on any atom is 0.109 e. The van der Waals surface area contributed by atoms with E-state index in [2.05, 4.69) is 4.90 Å². The zero-order valence-corrected chi connectivity index (χ0v) is 9.11. The lowest BCUT2D eigenvalue weighted by Crippen LogP contribution is -2.74. The summed E-state index contributed by atoms with van der Waals surface area (Å²) in [5, 5.41) is 10.6. The van der Waals surface area contributed by atoms with E-state index in [1.807, 2.05) is 0 Å². The first-order valence-corrected chi connectivity index (χ1v) is 5.95. The largest absolute Gasteiger partial charge is 0.385 e. The lowest BCUT2D eigenvalue weighted by Gasteiger charge is -2.56. The van der Waals surface area contributed by atoms with Gasteiger partial charge in [0.05, 0.1) is 12.1 Å². The molecule has 0 aliphatic carbocycles. The van der Waals surface area contributed by atoms with Crippen molar-refractivity contribution in [3.8, 4) is 0 Å². The van der Waals surface area contributed by atoms with E-state index in [1.54, 1.807) is 0 Å². The molecule has 0 spiro atoms. The summed E-state index contributed by atoms with van der Waals surface area (Å²) in [5.41, 5.74) is 5.30. The molecule has 0 aromatic heterocycles. The molecular weight excluding hydrogens is 192 g/mol. The van der Waals surface area contributed by atoms with Gasteiger partial charge in [0.15, 0.2) is 0 Å². The van der Waals surface area contributed by atoms with Crippen molar-refractivity contribution < 1.29 is 9.84 Å². The summed E-state index contributed by atoms with van der Waals surface area (Å²) in [7, 11) is 0. The Morgan fingerprint density at radius 2 is 2.07 bits per heavy atom. The SMILES string of the molecule is NC1(C2(O)CCOC2)CN2CCC1CC2. The monoisotopic (exact) mass is 212 g/mol. The Morgan fingerprint density at radius 1 is 1.33 bits per heavy atom. The quantitative estimate of drug-likeness (QED) is 0.619. The van der Waals surface area contributed by atoms with Gasteiger partial charge in [-0.3, -0.25) is 0 Å². The average Bonchev–Trinajstić information content (AvgIpc) is 2.68. The predicted molar refractivity (Wildman–Crippen MR) is 56.5 cm³/mol. The number of ether oxygens (including phenoxy) is 1. The molecule has 15 heavy (non-hydrogen) atoms. The highest BCUT2D eigenvalue weighted by molar-refractivity contribution is 5.14. The fourth-order valence-electron chi connectivity index (χ4n) is 3.55. The number of nitrogens with zero attached hydrogens (tertiary/aromatic N) is 1. The molecule has 4 nitrogen and oxygen atoms in total. The van der Waals surface area contributed by atoms with Gasteiger partial charge in [-0.15, -0.1) is 0 Å². The summed E-state index contributed by atoms with van der Waals surface area (Å²) in [6, 6.07) is 0. The zero-order valence-electron chi connectivity index (χ0n) is 9.11. The molecular formula is C11H20N2O2. The van der Waals surface area contributed by atoms with Crippen molar-refractivity contribution in [3.63, 3.8) is 0 Å². The van der Waals surface area contributed by atoms with Crippen molar-refractivity contribution >= 4 is 0 Å². The molecule has 86 valence electrons. The van der Waals surface area contributed by atoms with Gasteiger partial charge in [0.1, 0.15) is 5.60 Å². The fraction of sp³-hybridized carbons (Fsp3) is 1.00. The average molecular weight is 212 g/mol. The first-order valence-electron chi connectivity index (χ1n) is 5.95. The van der Waals surface area contributed by atoms with Crippen LogP contribution in [0.3, 0.4) is 0 Å². The highest BCUT2D eigenvalue weighted by atomic mass is 16.5. The number of fused-ring (bicyclic) bond motifs is 3. The molecule has 2 bridgehead atoms. The van der Waals surface area contributed by atoms with Gasteiger partial charge in [0.2, 0.25) is 0 Å². The van der Waals surface area contributed by atoms with Crippen LogP contribution in [0.15, 0.2) is 0 Å². The van der Waals surface area contributed by atoms with E-state index >= 15 is 0 Å². The van der Waals surface area contributed by atoms with Crippen molar-refractivity contribution in [3.05, 3.63) is 0 Å². The Kier molecular flexibility index (Phi) is 2.12. The van der Waals surface area contributed by atoms with E-state index in [-0.39, 0.29) is 0 Å². The maximum absolute atomic E-state index is 10.6. The van der Waals surface area contributed by atoms with Gasteiger partial charge in [-0.25, -0.2) is 0 Å². The zero-order chi connectivity index (χ0) is 10.5. The molecule has 4 saturated heterocycles. The molecule has 4 rings (SSSR count). The molecule has 4 heterocycles. The Hall–Kier alpha value is -0.160. The Labute approximate surface area is 90.4 Å². The topological polar surface area (TPSA) is 58.7 Å². The number of rotatable bonds is 1. The van der Waals surface area contributed by atoms with Crippen LogP contribution in [0.5, 0.6) is 0 Å². The van der Waals surface area contributed by atoms with Crippen LogP contribution in [0.1, 0.15) is 19.3 Å². The molecule has 2 unspecified atom stereocenters. The first-order chi connectivity index (χ1) is 7.14. The Bertz CT molecular complexity index is 257. The van der Waals surface area contributed by atoms with Crippen molar-refractivity contribution in [1.29, 1.82) is 0 Å². The molecule has 4 aliphatic rings. The van der Waals surface area contributed by atoms with E-state index < -0.39 is 11.1 Å². The third-order valence-corrected chi connectivity index (χ3v) is 4.67. The number of piperidine rings is 3. The minimum Gasteiger partial charge on any atom is -0.385 e. The van der Waals surface area contributed by atoms with E-state index in [0.29, 0.717) is 25.6 Å². The van der Waals surface area contributed by atoms with Crippen molar-refractivity contribution in [2.24, 2.45) is 11.7 Å². The van der Waals surface area contributed by atoms with E-state index in [4.69, 9.17) is 10.5 Å². The van der Waals surface area contributed by atoms with Crippen molar-refractivity contribution in [1.82, 2.24) is 4.90 Å². The highest BCUT2D eigenvalue weighted by Crippen LogP contribution is 2.43. The van der Waals surface area contributed by atoms with Crippen LogP contribution in [0.25, 0.3) is 0 Å². The molecule has 0 aromatic carbocycles.